The van der Waals surface area contributed by atoms with Crippen molar-refractivity contribution in [2.24, 2.45) is 5.73 Å². The van der Waals surface area contributed by atoms with Gasteiger partial charge >= 0.3 is 0 Å². The van der Waals surface area contributed by atoms with E-state index in [1.807, 2.05) is 0 Å². The van der Waals surface area contributed by atoms with Crippen molar-refractivity contribution in [3.8, 4) is 0 Å². The van der Waals surface area contributed by atoms with E-state index in [9.17, 15) is 13.6 Å². The number of rotatable bonds is 3. The van der Waals surface area contributed by atoms with Gasteiger partial charge < -0.3 is 10.3 Å². The molecule has 2 N–H and O–H groups in total. The molecule has 3 aromatic rings. The number of imidazole rings is 1. The van der Waals surface area contributed by atoms with E-state index in [1.54, 1.807) is 28.8 Å². The molecule has 0 aliphatic rings. The average molecular weight is 287 g/mol. The Hall–Kier alpha value is -2.76. The van der Waals surface area contributed by atoms with Crippen molar-refractivity contribution in [1.82, 2.24) is 9.55 Å². The van der Waals surface area contributed by atoms with Crippen molar-refractivity contribution in [2.45, 2.75) is 6.54 Å². The SMILES string of the molecule is NC(=O)c1ccc(Cn2cnc3cc(F)c(F)cc32)cc1. The van der Waals surface area contributed by atoms with E-state index in [-0.39, 0.29) is 0 Å². The fourth-order valence-electron chi connectivity index (χ4n) is 2.15. The topological polar surface area (TPSA) is 60.9 Å². The zero-order valence-corrected chi connectivity index (χ0v) is 10.9. The molecule has 1 aromatic heterocycles. The second kappa shape index (κ2) is 4.97. The normalized spacial score (nSPS) is 11.0. The Labute approximate surface area is 118 Å². The summed E-state index contributed by atoms with van der Waals surface area (Å²) in [5.41, 5.74) is 7.38. The van der Waals surface area contributed by atoms with Crippen LogP contribution in [0.4, 0.5) is 8.78 Å². The number of hydrogen-bond acceptors (Lipinski definition) is 2. The predicted molar refractivity (Wildman–Crippen MR) is 73.7 cm³/mol. The van der Waals surface area contributed by atoms with Gasteiger partial charge in [0.15, 0.2) is 11.6 Å². The van der Waals surface area contributed by atoms with Gasteiger partial charge in [-0.2, -0.15) is 0 Å². The first kappa shape index (κ1) is 13.2. The molecule has 0 atom stereocenters. The number of hydrogen-bond donors (Lipinski definition) is 1. The van der Waals surface area contributed by atoms with E-state index >= 15 is 0 Å². The molecule has 1 amide bonds. The van der Waals surface area contributed by atoms with Crippen LogP contribution in [0.1, 0.15) is 15.9 Å². The Balaban J connectivity index is 1.94. The highest BCUT2D eigenvalue weighted by Crippen LogP contribution is 2.18. The molecule has 0 aliphatic carbocycles. The van der Waals surface area contributed by atoms with Gasteiger partial charge in [0.05, 0.1) is 17.4 Å². The minimum absolute atomic E-state index is 0.391. The molecular weight excluding hydrogens is 276 g/mol. The number of nitrogens with two attached hydrogens (primary N) is 1. The molecule has 3 rings (SSSR count). The first-order chi connectivity index (χ1) is 10.0. The van der Waals surface area contributed by atoms with Crippen molar-refractivity contribution in [3.05, 3.63) is 65.5 Å². The van der Waals surface area contributed by atoms with Crippen molar-refractivity contribution in [3.63, 3.8) is 0 Å². The quantitative estimate of drug-likeness (QED) is 0.804. The number of benzene rings is 2. The molecule has 21 heavy (non-hydrogen) atoms. The molecule has 0 fully saturated rings. The lowest BCUT2D eigenvalue weighted by atomic mass is 10.1. The average Bonchev–Trinajstić information content (AvgIpc) is 2.82. The summed E-state index contributed by atoms with van der Waals surface area (Å²) in [6.45, 7) is 0.431. The van der Waals surface area contributed by atoms with Gasteiger partial charge in [0.2, 0.25) is 5.91 Å². The fourth-order valence-corrected chi connectivity index (χ4v) is 2.15. The van der Waals surface area contributed by atoms with E-state index < -0.39 is 17.5 Å². The maximum atomic E-state index is 13.3. The molecule has 4 nitrogen and oxygen atoms in total. The maximum absolute atomic E-state index is 13.3. The van der Waals surface area contributed by atoms with Crippen LogP contribution in [0.25, 0.3) is 11.0 Å². The Morgan fingerprint density at radius 3 is 2.48 bits per heavy atom. The third-order valence-corrected chi connectivity index (χ3v) is 3.25. The van der Waals surface area contributed by atoms with E-state index in [1.165, 1.54) is 6.33 Å². The molecule has 0 aliphatic heterocycles. The highest BCUT2D eigenvalue weighted by Gasteiger charge is 2.09. The maximum Gasteiger partial charge on any atom is 0.248 e. The standard InChI is InChI=1S/C15H11F2N3O/c16-11-5-13-14(6-12(11)17)20(8-19-13)7-9-1-3-10(4-2-9)15(18)21/h1-6,8H,7H2,(H2,18,21). The monoisotopic (exact) mass is 287 g/mol. The molecule has 0 unspecified atom stereocenters. The first-order valence-electron chi connectivity index (χ1n) is 6.23. The van der Waals surface area contributed by atoms with E-state index in [0.29, 0.717) is 23.1 Å². The number of aromatic nitrogens is 2. The largest absolute Gasteiger partial charge is 0.366 e. The number of amides is 1. The van der Waals surface area contributed by atoms with Gasteiger partial charge in [-0.3, -0.25) is 4.79 Å². The Kier molecular flexibility index (Phi) is 3.13. The number of nitrogens with zero attached hydrogens (tertiary/aromatic N) is 2. The van der Waals surface area contributed by atoms with Gasteiger partial charge in [-0.25, -0.2) is 13.8 Å². The highest BCUT2D eigenvalue weighted by atomic mass is 19.2. The molecule has 106 valence electrons. The van der Waals surface area contributed by atoms with Crippen LogP contribution in [0, 0.1) is 11.6 Å². The van der Waals surface area contributed by atoms with Gasteiger partial charge in [-0.1, -0.05) is 12.1 Å². The number of primary amides is 1. The number of carbonyl (C=O) groups excluding carboxylic acids is 1. The summed E-state index contributed by atoms with van der Waals surface area (Å²) in [7, 11) is 0. The molecule has 2 aromatic carbocycles. The predicted octanol–water partition coefficient (Wildman–Crippen LogP) is 2.46. The lowest BCUT2D eigenvalue weighted by Gasteiger charge is -2.05. The second-order valence-corrected chi connectivity index (χ2v) is 4.69. The summed E-state index contributed by atoms with van der Waals surface area (Å²) < 4.78 is 28.2. The Bertz CT molecular complexity index is 825. The summed E-state index contributed by atoms with van der Waals surface area (Å²) >= 11 is 0. The zero-order chi connectivity index (χ0) is 15.0. The summed E-state index contributed by atoms with van der Waals surface area (Å²) in [6.07, 6.45) is 1.52. The molecule has 0 spiro atoms. The van der Waals surface area contributed by atoms with Crippen LogP contribution >= 0.6 is 0 Å². The van der Waals surface area contributed by atoms with Crippen LogP contribution in [0.15, 0.2) is 42.7 Å². The fraction of sp³-hybridized carbons (Fsp3) is 0.0667. The number of halogens is 2. The number of carbonyl (C=O) groups is 1. The van der Waals surface area contributed by atoms with Crippen molar-refractivity contribution < 1.29 is 13.6 Å². The van der Waals surface area contributed by atoms with Crippen molar-refractivity contribution in [2.75, 3.05) is 0 Å². The number of fused-ring (bicyclic) bond motifs is 1. The van der Waals surface area contributed by atoms with Gasteiger partial charge in [0.1, 0.15) is 0 Å². The molecule has 6 heteroatoms. The smallest absolute Gasteiger partial charge is 0.248 e. The van der Waals surface area contributed by atoms with Gasteiger partial charge in [0.25, 0.3) is 0 Å². The molecule has 0 bridgehead atoms. The lowest BCUT2D eigenvalue weighted by molar-refractivity contribution is 0.100. The Morgan fingerprint density at radius 2 is 1.81 bits per heavy atom. The van der Waals surface area contributed by atoms with Crippen molar-refractivity contribution in [1.29, 1.82) is 0 Å². The van der Waals surface area contributed by atoms with Gasteiger partial charge in [0, 0.05) is 24.2 Å². The minimum atomic E-state index is -0.918. The second-order valence-electron chi connectivity index (χ2n) is 4.69. The summed E-state index contributed by atoms with van der Waals surface area (Å²) in [6, 6.07) is 8.94. The van der Waals surface area contributed by atoms with Crippen LogP contribution < -0.4 is 5.73 Å². The van der Waals surface area contributed by atoms with E-state index in [2.05, 4.69) is 4.98 Å². The van der Waals surface area contributed by atoms with Crippen LogP contribution in [-0.4, -0.2) is 15.5 Å². The molecule has 0 saturated carbocycles. The van der Waals surface area contributed by atoms with E-state index in [0.717, 1.165) is 17.7 Å². The van der Waals surface area contributed by atoms with Crippen LogP contribution in [0.5, 0.6) is 0 Å². The van der Waals surface area contributed by atoms with Gasteiger partial charge in [-0.15, -0.1) is 0 Å². The lowest BCUT2D eigenvalue weighted by Crippen LogP contribution is -2.10. The van der Waals surface area contributed by atoms with E-state index in [4.69, 9.17) is 5.73 Å². The van der Waals surface area contributed by atoms with Crippen LogP contribution in [0.3, 0.4) is 0 Å². The van der Waals surface area contributed by atoms with Gasteiger partial charge in [-0.05, 0) is 17.7 Å². The molecular formula is C15H11F2N3O. The third-order valence-electron chi connectivity index (χ3n) is 3.25. The minimum Gasteiger partial charge on any atom is -0.366 e. The third kappa shape index (κ3) is 2.47. The summed E-state index contributed by atoms with van der Waals surface area (Å²) in [5.74, 6) is -2.32. The van der Waals surface area contributed by atoms with Crippen LogP contribution in [0.2, 0.25) is 0 Å². The summed E-state index contributed by atoms with van der Waals surface area (Å²) in [5, 5.41) is 0. The van der Waals surface area contributed by atoms with Crippen LogP contribution in [-0.2, 0) is 6.54 Å². The van der Waals surface area contributed by atoms with Crippen molar-refractivity contribution >= 4 is 16.9 Å². The molecule has 0 saturated heterocycles. The molecule has 0 radical (unpaired) electrons. The zero-order valence-electron chi connectivity index (χ0n) is 10.9. The molecule has 1 heterocycles. The first-order valence-corrected chi connectivity index (χ1v) is 6.23. The Morgan fingerprint density at radius 1 is 1.14 bits per heavy atom. The summed E-state index contributed by atoms with van der Waals surface area (Å²) in [4.78, 5) is 15.0. The highest BCUT2D eigenvalue weighted by molar-refractivity contribution is 5.92.